The predicted molar refractivity (Wildman–Crippen MR) is 106 cm³/mol. The lowest BCUT2D eigenvalue weighted by Crippen LogP contribution is -2.24. The molecule has 0 N–H and O–H groups in total. The molecule has 3 nitrogen and oxygen atoms in total. The zero-order chi connectivity index (χ0) is 18.4. The minimum absolute atomic E-state index is 0.160. The Hall–Kier alpha value is -1.94. The SMILES string of the molecule is CCCCOC(=O)c1ccc2c(c1)O[C@@H]([C@@H](C)CSc1ccccc1)C2. The summed E-state index contributed by atoms with van der Waals surface area (Å²) < 4.78 is 11.4. The number of rotatable bonds is 8. The molecule has 2 aromatic carbocycles. The van der Waals surface area contributed by atoms with Crippen molar-refractivity contribution in [2.45, 2.75) is 44.1 Å². The minimum Gasteiger partial charge on any atom is -0.489 e. The highest BCUT2D eigenvalue weighted by atomic mass is 32.2. The van der Waals surface area contributed by atoms with Crippen molar-refractivity contribution in [3.05, 3.63) is 59.7 Å². The molecule has 0 amide bonds. The van der Waals surface area contributed by atoms with Crippen molar-refractivity contribution in [3.63, 3.8) is 0 Å². The molecule has 0 spiro atoms. The molecule has 0 aromatic heterocycles. The second-order valence-electron chi connectivity index (χ2n) is 6.77. The summed E-state index contributed by atoms with van der Waals surface area (Å²) in [6.07, 6.45) is 2.97. The first-order chi connectivity index (χ1) is 12.7. The smallest absolute Gasteiger partial charge is 0.338 e. The van der Waals surface area contributed by atoms with Crippen LogP contribution in [0.25, 0.3) is 0 Å². The molecule has 0 fully saturated rings. The van der Waals surface area contributed by atoms with E-state index >= 15 is 0 Å². The van der Waals surface area contributed by atoms with E-state index in [1.165, 1.54) is 10.5 Å². The number of esters is 1. The molecular weight excluding hydrogens is 344 g/mol. The monoisotopic (exact) mass is 370 g/mol. The van der Waals surface area contributed by atoms with E-state index in [9.17, 15) is 4.79 Å². The van der Waals surface area contributed by atoms with Gasteiger partial charge in [-0.15, -0.1) is 11.8 Å². The fraction of sp³-hybridized carbons (Fsp3) is 0.409. The average molecular weight is 371 g/mol. The highest BCUT2D eigenvalue weighted by Gasteiger charge is 2.28. The van der Waals surface area contributed by atoms with E-state index in [0.29, 0.717) is 18.1 Å². The van der Waals surface area contributed by atoms with Gasteiger partial charge in [-0.2, -0.15) is 0 Å². The van der Waals surface area contributed by atoms with Crippen LogP contribution in [-0.4, -0.2) is 24.4 Å². The maximum Gasteiger partial charge on any atom is 0.338 e. The molecule has 1 aliphatic heterocycles. The van der Waals surface area contributed by atoms with E-state index in [1.807, 2.05) is 36.0 Å². The Balaban J connectivity index is 1.55. The Labute approximate surface area is 160 Å². The third kappa shape index (κ3) is 4.82. The molecule has 0 saturated heterocycles. The maximum atomic E-state index is 12.1. The van der Waals surface area contributed by atoms with Crippen molar-refractivity contribution in [2.24, 2.45) is 5.92 Å². The number of thioether (sulfide) groups is 1. The molecule has 1 heterocycles. The molecule has 4 heteroatoms. The van der Waals surface area contributed by atoms with E-state index in [4.69, 9.17) is 9.47 Å². The van der Waals surface area contributed by atoms with Crippen LogP contribution in [0.4, 0.5) is 0 Å². The van der Waals surface area contributed by atoms with Crippen LogP contribution in [0.2, 0.25) is 0 Å². The number of hydrogen-bond donors (Lipinski definition) is 0. The van der Waals surface area contributed by atoms with Gasteiger partial charge in [0.15, 0.2) is 0 Å². The number of hydrogen-bond acceptors (Lipinski definition) is 4. The Morgan fingerprint density at radius 2 is 2.08 bits per heavy atom. The van der Waals surface area contributed by atoms with Crippen LogP contribution in [-0.2, 0) is 11.2 Å². The first-order valence-corrected chi connectivity index (χ1v) is 10.3. The number of carbonyl (C=O) groups is 1. The normalized spacial score (nSPS) is 16.6. The predicted octanol–water partition coefficient (Wildman–Crippen LogP) is 5.38. The lowest BCUT2D eigenvalue weighted by molar-refractivity contribution is 0.0499. The Morgan fingerprint density at radius 1 is 1.27 bits per heavy atom. The summed E-state index contributed by atoms with van der Waals surface area (Å²) in [6, 6.07) is 16.1. The second-order valence-corrected chi connectivity index (χ2v) is 7.87. The third-order valence-corrected chi connectivity index (χ3v) is 5.92. The lowest BCUT2D eigenvalue weighted by atomic mass is 10.0. The second kappa shape index (κ2) is 9.13. The number of carbonyl (C=O) groups excluding carboxylic acids is 1. The first kappa shape index (κ1) is 18.8. The van der Waals surface area contributed by atoms with E-state index in [-0.39, 0.29) is 12.1 Å². The van der Waals surface area contributed by atoms with Gasteiger partial charge in [-0.05, 0) is 36.2 Å². The van der Waals surface area contributed by atoms with Crippen LogP contribution in [0.15, 0.2) is 53.4 Å². The molecule has 1 aliphatic rings. The quantitative estimate of drug-likeness (QED) is 0.355. The van der Waals surface area contributed by atoms with Gasteiger partial charge in [0, 0.05) is 23.0 Å². The van der Waals surface area contributed by atoms with Gasteiger partial charge in [-0.3, -0.25) is 0 Å². The van der Waals surface area contributed by atoms with E-state index in [2.05, 4.69) is 38.1 Å². The zero-order valence-corrected chi connectivity index (χ0v) is 16.3. The molecule has 138 valence electrons. The number of ether oxygens (including phenoxy) is 2. The van der Waals surface area contributed by atoms with Crippen molar-refractivity contribution in [3.8, 4) is 5.75 Å². The van der Waals surface area contributed by atoms with E-state index in [1.54, 1.807) is 0 Å². The molecule has 0 saturated carbocycles. The fourth-order valence-electron chi connectivity index (χ4n) is 2.94. The van der Waals surface area contributed by atoms with Gasteiger partial charge in [0.25, 0.3) is 0 Å². The van der Waals surface area contributed by atoms with Gasteiger partial charge in [-0.25, -0.2) is 4.79 Å². The number of benzene rings is 2. The Morgan fingerprint density at radius 3 is 2.85 bits per heavy atom. The van der Waals surface area contributed by atoms with Crippen LogP contribution in [0.1, 0.15) is 42.6 Å². The summed E-state index contributed by atoms with van der Waals surface area (Å²) in [5.41, 5.74) is 1.75. The Bertz CT molecular complexity index is 729. The average Bonchev–Trinajstić information content (AvgIpc) is 3.10. The van der Waals surface area contributed by atoms with Crippen LogP contribution in [0.5, 0.6) is 5.75 Å². The van der Waals surface area contributed by atoms with E-state index < -0.39 is 0 Å². The van der Waals surface area contributed by atoms with Crippen LogP contribution in [0, 0.1) is 5.92 Å². The number of unbranched alkanes of at least 4 members (excludes halogenated alkanes) is 1. The first-order valence-electron chi connectivity index (χ1n) is 9.32. The molecule has 0 unspecified atom stereocenters. The van der Waals surface area contributed by atoms with Crippen LogP contribution >= 0.6 is 11.8 Å². The molecule has 2 atom stereocenters. The van der Waals surface area contributed by atoms with Gasteiger partial charge in [0.05, 0.1) is 12.2 Å². The Kier molecular flexibility index (Phi) is 6.62. The lowest BCUT2D eigenvalue weighted by Gasteiger charge is -2.18. The van der Waals surface area contributed by atoms with Crippen molar-refractivity contribution in [1.82, 2.24) is 0 Å². The highest BCUT2D eigenvalue weighted by molar-refractivity contribution is 7.99. The van der Waals surface area contributed by atoms with Crippen LogP contribution in [0.3, 0.4) is 0 Å². The summed E-state index contributed by atoms with van der Waals surface area (Å²) >= 11 is 1.86. The summed E-state index contributed by atoms with van der Waals surface area (Å²) in [5, 5.41) is 0. The maximum absolute atomic E-state index is 12.1. The van der Waals surface area contributed by atoms with Gasteiger partial charge in [0.2, 0.25) is 0 Å². The van der Waals surface area contributed by atoms with E-state index in [0.717, 1.165) is 30.8 Å². The largest absolute Gasteiger partial charge is 0.489 e. The van der Waals surface area contributed by atoms with Crippen molar-refractivity contribution in [1.29, 1.82) is 0 Å². The molecular formula is C22H26O3S. The van der Waals surface area contributed by atoms with Crippen LogP contribution < -0.4 is 4.74 Å². The standard InChI is InChI=1S/C22H26O3S/c1-3-4-12-24-22(23)18-11-10-17-13-20(25-21(17)14-18)16(2)15-26-19-8-6-5-7-9-19/h5-11,14,16,20H,3-4,12-13,15H2,1-2H3/t16-,20+/m0/s1. The molecule has 2 aromatic rings. The van der Waals surface area contributed by atoms with Gasteiger partial charge in [-0.1, -0.05) is 44.5 Å². The van der Waals surface area contributed by atoms with Crippen molar-refractivity contribution < 1.29 is 14.3 Å². The molecule has 0 radical (unpaired) electrons. The van der Waals surface area contributed by atoms with Crippen molar-refractivity contribution >= 4 is 17.7 Å². The molecule has 3 rings (SSSR count). The molecule has 26 heavy (non-hydrogen) atoms. The van der Waals surface area contributed by atoms with Gasteiger partial charge in [0.1, 0.15) is 11.9 Å². The highest BCUT2D eigenvalue weighted by Crippen LogP contribution is 2.34. The summed E-state index contributed by atoms with van der Waals surface area (Å²) in [5.74, 6) is 2.00. The van der Waals surface area contributed by atoms with Gasteiger partial charge < -0.3 is 9.47 Å². The summed E-state index contributed by atoms with van der Waals surface area (Å²) in [7, 11) is 0. The van der Waals surface area contributed by atoms with Crippen molar-refractivity contribution in [2.75, 3.05) is 12.4 Å². The third-order valence-electron chi connectivity index (χ3n) is 4.62. The topological polar surface area (TPSA) is 35.5 Å². The minimum atomic E-state index is -0.263. The zero-order valence-electron chi connectivity index (χ0n) is 15.4. The van der Waals surface area contributed by atoms with Gasteiger partial charge >= 0.3 is 5.97 Å². The number of fused-ring (bicyclic) bond motifs is 1. The summed E-state index contributed by atoms with van der Waals surface area (Å²) in [6.45, 7) is 4.78. The fourth-order valence-corrected chi connectivity index (χ4v) is 3.96. The summed E-state index contributed by atoms with van der Waals surface area (Å²) in [4.78, 5) is 13.4. The molecule has 0 bridgehead atoms. The molecule has 0 aliphatic carbocycles.